The molecule has 3 amide bonds. The van der Waals surface area contributed by atoms with Gasteiger partial charge in [0.2, 0.25) is 17.7 Å². The summed E-state index contributed by atoms with van der Waals surface area (Å²) in [6, 6.07) is 7.34. The number of carbonyl (C=O) groups excluding carboxylic acids is 3. The molecule has 0 aliphatic carbocycles. The standard InChI is InChI=1S/C22H16ClF2N3O3/c23-13-9-11(4-5-14(13)25)28-19(29)17-16-2-1-7-27(16)22(18(17)20(28)30)12-8-10(24)3-6-15(12)26-21(22)31/h3-6,8-9,16-18H,1-2,7H2,(H,26,31)/t16-,17-,18+,22-/m1/s1. The second-order valence-corrected chi connectivity index (χ2v) is 8.83. The number of nitrogens with zero attached hydrogens (tertiary/aromatic N) is 2. The van der Waals surface area contributed by atoms with Crippen LogP contribution in [0, 0.1) is 23.5 Å². The molecule has 4 heterocycles. The fourth-order valence-corrected chi connectivity index (χ4v) is 6.23. The average molecular weight is 444 g/mol. The topological polar surface area (TPSA) is 69.7 Å². The van der Waals surface area contributed by atoms with Crippen molar-refractivity contribution in [2.75, 3.05) is 16.8 Å². The van der Waals surface area contributed by atoms with Crippen LogP contribution in [0.3, 0.4) is 0 Å². The summed E-state index contributed by atoms with van der Waals surface area (Å²) in [6.45, 7) is 0.532. The van der Waals surface area contributed by atoms with Crippen molar-refractivity contribution >= 4 is 40.7 Å². The van der Waals surface area contributed by atoms with Crippen LogP contribution in [0.15, 0.2) is 36.4 Å². The molecule has 6 nitrogen and oxygen atoms in total. The number of imide groups is 1. The van der Waals surface area contributed by atoms with Crippen molar-refractivity contribution in [1.29, 1.82) is 0 Å². The van der Waals surface area contributed by atoms with Gasteiger partial charge in [0, 0.05) is 17.3 Å². The number of fused-ring (bicyclic) bond motifs is 7. The zero-order valence-electron chi connectivity index (χ0n) is 16.1. The van der Waals surface area contributed by atoms with Gasteiger partial charge in [0.05, 0.1) is 22.5 Å². The normalized spacial score (nSPS) is 31.4. The first-order valence-electron chi connectivity index (χ1n) is 10.1. The van der Waals surface area contributed by atoms with Crippen LogP contribution < -0.4 is 10.2 Å². The lowest BCUT2D eigenvalue weighted by Crippen LogP contribution is -2.54. The molecule has 4 aliphatic heterocycles. The van der Waals surface area contributed by atoms with Crippen LogP contribution in [0.2, 0.25) is 5.02 Å². The summed E-state index contributed by atoms with van der Waals surface area (Å²) >= 11 is 5.89. The molecule has 2 aromatic rings. The third-order valence-corrected chi connectivity index (χ3v) is 7.41. The number of carbonyl (C=O) groups is 3. The van der Waals surface area contributed by atoms with Crippen molar-refractivity contribution in [1.82, 2.24) is 4.90 Å². The molecule has 158 valence electrons. The van der Waals surface area contributed by atoms with E-state index < -0.39 is 46.7 Å². The van der Waals surface area contributed by atoms with E-state index in [2.05, 4.69) is 5.32 Å². The van der Waals surface area contributed by atoms with Gasteiger partial charge in [-0.3, -0.25) is 19.3 Å². The van der Waals surface area contributed by atoms with Crippen molar-refractivity contribution in [3.05, 3.63) is 58.6 Å². The van der Waals surface area contributed by atoms with Gasteiger partial charge in [0.15, 0.2) is 0 Å². The highest BCUT2D eigenvalue weighted by Crippen LogP contribution is 2.60. The zero-order valence-corrected chi connectivity index (χ0v) is 16.8. The Morgan fingerprint density at radius 1 is 1.06 bits per heavy atom. The number of amides is 3. The Balaban J connectivity index is 1.56. The van der Waals surface area contributed by atoms with Crippen molar-refractivity contribution < 1.29 is 23.2 Å². The largest absolute Gasteiger partial charge is 0.324 e. The number of hydrogen-bond acceptors (Lipinski definition) is 4. The Bertz CT molecular complexity index is 1200. The summed E-state index contributed by atoms with van der Waals surface area (Å²) in [6.07, 6.45) is 1.41. The minimum absolute atomic E-state index is 0.161. The molecule has 1 N–H and O–H groups in total. The number of anilines is 2. The van der Waals surface area contributed by atoms with E-state index in [9.17, 15) is 23.2 Å². The minimum atomic E-state index is -1.45. The van der Waals surface area contributed by atoms with Crippen molar-refractivity contribution in [3.63, 3.8) is 0 Å². The predicted octanol–water partition coefficient (Wildman–Crippen LogP) is 3.05. The molecule has 4 atom stereocenters. The van der Waals surface area contributed by atoms with Crippen LogP contribution in [0.5, 0.6) is 0 Å². The van der Waals surface area contributed by atoms with E-state index in [1.165, 1.54) is 30.3 Å². The molecule has 1 spiro atoms. The van der Waals surface area contributed by atoms with Crippen molar-refractivity contribution in [3.8, 4) is 0 Å². The van der Waals surface area contributed by atoms with E-state index in [0.717, 1.165) is 17.4 Å². The zero-order chi connectivity index (χ0) is 21.7. The lowest BCUT2D eigenvalue weighted by molar-refractivity contribution is -0.135. The van der Waals surface area contributed by atoms with Crippen LogP contribution in [0.4, 0.5) is 20.2 Å². The van der Waals surface area contributed by atoms with Gasteiger partial charge < -0.3 is 5.32 Å². The third-order valence-electron chi connectivity index (χ3n) is 7.12. The van der Waals surface area contributed by atoms with Crippen molar-refractivity contribution in [2.45, 2.75) is 24.4 Å². The highest BCUT2D eigenvalue weighted by molar-refractivity contribution is 6.32. The number of halogens is 3. The fourth-order valence-electron chi connectivity index (χ4n) is 6.05. The average Bonchev–Trinajstić information content (AvgIpc) is 3.43. The Morgan fingerprint density at radius 2 is 1.87 bits per heavy atom. The molecule has 0 aromatic heterocycles. The van der Waals surface area contributed by atoms with E-state index in [4.69, 9.17) is 11.6 Å². The Kier molecular flexibility index (Phi) is 3.72. The van der Waals surface area contributed by atoms with E-state index in [0.29, 0.717) is 24.2 Å². The van der Waals surface area contributed by atoms with Gasteiger partial charge in [-0.25, -0.2) is 13.7 Å². The van der Waals surface area contributed by atoms with E-state index in [-0.39, 0.29) is 16.8 Å². The molecule has 0 bridgehead atoms. The summed E-state index contributed by atoms with van der Waals surface area (Å²) in [5.41, 5.74) is -0.458. The minimum Gasteiger partial charge on any atom is -0.324 e. The van der Waals surface area contributed by atoms with E-state index in [1.54, 1.807) is 0 Å². The molecule has 0 unspecified atom stereocenters. The molecule has 3 saturated heterocycles. The molecular weight excluding hydrogens is 428 g/mol. The molecule has 3 fully saturated rings. The van der Waals surface area contributed by atoms with Gasteiger partial charge in [-0.2, -0.15) is 0 Å². The van der Waals surface area contributed by atoms with Crippen LogP contribution in [-0.2, 0) is 19.9 Å². The maximum Gasteiger partial charge on any atom is 0.250 e. The van der Waals surface area contributed by atoms with Crippen LogP contribution in [0.1, 0.15) is 18.4 Å². The van der Waals surface area contributed by atoms with Gasteiger partial charge in [-0.15, -0.1) is 0 Å². The second kappa shape index (κ2) is 6.11. The highest BCUT2D eigenvalue weighted by atomic mass is 35.5. The van der Waals surface area contributed by atoms with Gasteiger partial charge >= 0.3 is 0 Å². The highest BCUT2D eigenvalue weighted by Gasteiger charge is 2.74. The van der Waals surface area contributed by atoms with Gasteiger partial charge in [-0.1, -0.05) is 11.6 Å². The van der Waals surface area contributed by atoms with Gasteiger partial charge in [-0.05, 0) is 55.8 Å². The van der Waals surface area contributed by atoms with Gasteiger partial charge in [0.25, 0.3) is 0 Å². The summed E-state index contributed by atoms with van der Waals surface area (Å²) in [7, 11) is 0. The van der Waals surface area contributed by atoms with E-state index in [1.807, 2.05) is 4.90 Å². The quantitative estimate of drug-likeness (QED) is 0.688. The van der Waals surface area contributed by atoms with Gasteiger partial charge in [0.1, 0.15) is 17.2 Å². The summed E-state index contributed by atoms with van der Waals surface area (Å²) in [4.78, 5) is 43.5. The predicted molar refractivity (Wildman–Crippen MR) is 107 cm³/mol. The monoisotopic (exact) mass is 443 g/mol. The SMILES string of the molecule is O=C1[C@@H]2[C@H]3CCCN3[C@@]3(C(=O)Nc4ccc(F)cc43)[C@@H]2C(=O)N1c1ccc(F)c(Cl)c1. The van der Waals surface area contributed by atoms with Crippen LogP contribution in [-0.4, -0.2) is 35.2 Å². The molecule has 2 aromatic carbocycles. The smallest absolute Gasteiger partial charge is 0.250 e. The Hall–Kier alpha value is -2.84. The van der Waals surface area contributed by atoms with Crippen molar-refractivity contribution in [2.24, 2.45) is 11.8 Å². The second-order valence-electron chi connectivity index (χ2n) is 8.43. The molecule has 0 saturated carbocycles. The fraction of sp³-hybridized carbons (Fsp3) is 0.318. The van der Waals surface area contributed by atoms with Crippen LogP contribution >= 0.6 is 11.6 Å². The number of nitrogens with one attached hydrogen (secondary N) is 1. The summed E-state index contributed by atoms with van der Waals surface area (Å²) in [5, 5.41) is 2.58. The molecular formula is C22H16ClF2N3O3. The lowest BCUT2D eigenvalue weighted by atomic mass is 9.75. The van der Waals surface area contributed by atoms with Crippen LogP contribution in [0.25, 0.3) is 0 Å². The Labute approximate surface area is 180 Å². The molecule has 31 heavy (non-hydrogen) atoms. The van der Waals surface area contributed by atoms with E-state index >= 15 is 0 Å². The number of rotatable bonds is 1. The molecule has 0 radical (unpaired) electrons. The maximum atomic E-state index is 14.2. The summed E-state index contributed by atoms with van der Waals surface area (Å²) < 4.78 is 27.9. The molecule has 4 aliphatic rings. The third kappa shape index (κ3) is 2.16. The molecule has 6 rings (SSSR count). The number of hydrogen-bond donors (Lipinski definition) is 1. The first-order chi connectivity index (χ1) is 14.9. The number of benzene rings is 2. The first kappa shape index (κ1) is 18.9. The summed E-state index contributed by atoms with van der Waals surface area (Å²) in [5.74, 6) is -4.36. The molecule has 9 heteroatoms. The first-order valence-corrected chi connectivity index (χ1v) is 10.4. The lowest BCUT2D eigenvalue weighted by Gasteiger charge is -2.36. The maximum absolute atomic E-state index is 14.2. The Morgan fingerprint density at radius 3 is 2.65 bits per heavy atom.